The van der Waals surface area contributed by atoms with Crippen LogP contribution >= 0.6 is 0 Å². The summed E-state index contributed by atoms with van der Waals surface area (Å²) in [6.45, 7) is 2.95. The van der Waals surface area contributed by atoms with Crippen LogP contribution in [0.5, 0.6) is 5.75 Å². The number of likely N-dealkylation sites (N-methyl/N-ethyl adjacent to an activating group) is 1. The Morgan fingerprint density at radius 3 is 2.38 bits per heavy atom. The number of amides is 1. The number of rotatable bonds is 9. The molecule has 1 amide bonds. The van der Waals surface area contributed by atoms with E-state index < -0.39 is 29.8 Å². The van der Waals surface area contributed by atoms with E-state index >= 15 is 0 Å². The molecular weight excluding hydrogens is 441 g/mol. The summed E-state index contributed by atoms with van der Waals surface area (Å²) in [6.07, 6.45) is 1.27. The third-order valence-corrected chi connectivity index (χ3v) is 7.00. The molecule has 0 saturated carbocycles. The molecule has 5 atom stereocenters. The molecule has 2 bridgehead atoms. The molecule has 11 heteroatoms. The molecule has 4 rings (SSSR count). The number of carbonyl (C=O) groups is 3. The lowest BCUT2D eigenvalue weighted by atomic mass is 9.78. The van der Waals surface area contributed by atoms with Gasteiger partial charge in [-0.1, -0.05) is 12.1 Å². The van der Waals surface area contributed by atoms with Gasteiger partial charge < -0.3 is 34.3 Å². The second-order valence-electron chi connectivity index (χ2n) is 9.27. The molecular formula is C23H32BN3O7. The highest BCUT2D eigenvalue weighted by molar-refractivity contribution is 6.24. The van der Waals surface area contributed by atoms with Crippen LogP contribution in [0.2, 0.25) is 0 Å². The molecule has 3 saturated heterocycles. The van der Waals surface area contributed by atoms with Gasteiger partial charge in [-0.15, -0.1) is 0 Å². The summed E-state index contributed by atoms with van der Waals surface area (Å²) in [5.41, 5.74) is 0.780. The largest absolute Gasteiger partial charge is 0.480 e. The molecule has 1 aromatic carbocycles. The van der Waals surface area contributed by atoms with Crippen LogP contribution in [-0.4, -0.2) is 99.0 Å². The number of nitrogens with zero attached hydrogens (tertiary/aromatic N) is 2. The van der Waals surface area contributed by atoms with Crippen LogP contribution in [0.25, 0.3) is 0 Å². The molecule has 2 N–H and O–H groups in total. The van der Waals surface area contributed by atoms with E-state index in [9.17, 15) is 19.5 Å². The SMILES string of the molecule is COBNC(Cc1ccc(OC(=O)C2C(C(=O)N3CCN(C)CC3)[C@@H]3CC[C@H]2O3)cc1)C(=O)O. The number of aliphatic carboxylic acids is 1. The fraction of sp³-hybridized carbons (Fsp3) is 0.609. The van der Waals surface area contributed by atoms with Gasteiger partial charge in [0, 0.05) is 33.3 Å². The second-order valence-corrected chi connectivity index (χ2v) is 9.27. The molecule has 34 heavy (non-hydrogen) atoms. The number of hydrogen-bond acceptors (Lipinski definition) is 8. The normalized spacial score (nSPS) is 27.4. The number of piperazine rings is 1. The average Bonchev–Trinajstić information content (AvgIpc) is 3.44. The molecule has 1 aromatic rings. The first-order valence-corrected chi connectivity index (χ1v) is 11.8. The Hall–Kier alpha value is -2.47. The fourth-order valence-corrected chi connectivity index (χ4v) is 5.07. The molecule has 0 spiro atoms. The minimum Gasteiger partial charge on any atom is -0.480 e. The first-order chi connectivity index (χ1) is 16.4. The summed E-state index contributed by atoms with van der Waals surface area (Å²) in [5.74, 6) is -2.19. The van der Waals surface area contributed by atoms with E-state index in [1.165, 1.54) is 7.11 Å². The third-order valence-electron chi connectivity index (χ3n) is 7.00. The minimum absolute atomic E-state index is 0.0131. The Labute approximate surface area is 199 Å². The van der Waals surface area contributed by atoms with Gasteiger partial charge in [0.1, 0.15) is 11.8 Å². The number of hydrogen-bond donors (Lipinski definition) is 2. The Balaban J connectivity index is 1.39. The lowest BCUT2D eigenvalue weighted by Crippen LogP contribution is -2.52. The number of carboxylic acids is 1. The summed E-state index contributed by atoms with van der Waals surface area (Å²) in [5, 5.41) is 12.2. The molecule has 3 heterocycles. The maximum Gasteiger partial charge on any atom is 0.361 e. The molecule has 0 aliphatic carbocycles. The van der Waals surface area contributed by atoms with Crippen molar-refractivity contribution < 1.29 is 33.6 Å². The molecule has 0 radical (unpaired) electrons. The Morgan fingerprint density at radius 2 is 1.76 bits per heavy atom. The van der Waals surface area contributed by atoms with Crippen LogP contribution in [0.1, 0.15) is 18.4 Å². The van der Waals surface area contributed by atoms with Crippen molar-refractivity contribution in [2.24, 2.45) is 11.8 Å². The number of carbonyl (C=O) groups excluding carboxylic acids is 2. The van der Waals surface area contributed by atoms with Gasteiger partial charge in [0.2, 0.25) is 5.91 Å². The highest BCUT2D eigenvalue weighted by atomic mass is 16.5. The van der Waals surface area contributed by atoms with Crippen LogP contribution in [-0.2, 0) is 30.2 Å². The summed E-state index contributed by atoms with van der Waals surface area (Å²) in [4.78, 5) is 41.9. The van der Waals surface area contributed by atoms with E-state index in [2.05, 4.69) is 10.1 Å². The molecule has 184 valence electrons. The quantitative estimate of drug-likeness (QED) is 0.282. The van der Waals surface area contributed by atoms with E-state index in [1.807, 2.05) is 11.9 Å². The zero-order chi connectivity index (χ0) is 24.2. The highest BCUT2D eigenvalue weighted by Gasteiger charge is 2.57. The first-order valence-electron chi connectivity index (χ1n) is 11.8. The number of benzene rings is 1. The van der Waals surface area contributed by atoms with Crippen molar-refractivity contribution in [2.75, 3.05) is 40.3 Å². The van der Waals surface area contributed by atoms with Crippen molar-refractivity contribution >= 4 is 25.5 Å². The Morgan fingerprint density at radius 1 is 1.12 bits per heavy atom. The van der Waals surface area contributed by atoms with Crippen LogP contribution in [0.15, 0.2) is 24.3 Å². The number of carboxylic acid groups (broad SMARTS) is 1. The van der Waals surface area contributed by atoms with Crippen molar-refractivity contribution in [3.05, 3.63) is 29.8 Å². The fourth-order valence-electron chi connectivity index (χ4n) is 5.07. The number of ether oxygens (including phenoxy) is 2. The van der Waals surface area contributed by atoms with E-state index in [-0.39, 0.29) is 32.2 Å². The average molecular weight is 473 g/mol. The van der Waals surface area contributed by atoms with E-state index in [4.69, 9.17) is 14.1 Å². The summed E-state index contributed by atoms with van der Waals surface area (Å²) in [7, 11) is 3.65. The van der Waals surface area contributed by atoms with Crippen LogP contribution in [0.3, 0.4) is 0 Å². The van der Waals surface area contributed by atoms with Gasteiger partial charge >= 0.3 is 19.6 Å². The van der Waals surface area contributed by atoms with Gasteiger partial charge in [-0.2, -0.15) is 0 Å². The van der Waals surface area contributed by atoms with Crippen molar-refractivity contribution in [3.8, 4) is 5.75 Å². The summed E-state index contributed by atoms with van der Waals surface area (Å²) < 4.78 is 16.5. The number of nitrogens with one attached hydrogen (secondary N) is 1. The summed E-state index contributed by atoms with van der Waals surface area (Å²) in [6, 6.07) is 5.97. The topological polar surface area (TPSA) is 118 Å². The van der Waals surface area contributed by atoms with E-state index in [1.54, 1.807) is 24.3 Å². The van der Waals surface area contributed by atoms with E-state index in [0.29, 0.717) is 18.8 Å². The van der Waals surface area contributed by atoms with Crippen LogP contribution < -0.4 is 9.96 Å². The Bertz CT molecular complexity index is 891. The second kappa shape index (κ2) is 10.9. The van der Waals surface area contributed by atoms with Gasteiger partial charge in [-0.25, -0.2) is 0 Å². The molecule has 3 fully saturated rings. The number of fused-ring (bicyclic) bond motifs is 2. The van der Waals surface area contributed by atoms with E-state index in [0.717, 1.165) is 31.5 Å². The zero-order valence-corrected chi connectivity index (χ0v) is 19.6. The van der Waals surface area contributed by atoms with Crippen LogP contribution in [0, 0.1) is 11.8 Å². The summed E-state index contributed by atoms with van der Waals surface area (Å²) >= 11 is 0. The van der Waals surface area contributed by atoms with Crippen molar-refractivity contribution in [2.45, 2.75) is 37.5 Å². The maximum absolute atomic E-state index is 13.3. The maximum atomic E-state index is 13.3. The standard InChI is InChI=1S/C23H32BN3O7/c1-26-9-11-27(12-10-26)21(28)19-17-7-8-18(34-17)20(19)23(31)33-15-5-3-14(4-6-15)13-16(22(29)30)25-24-32-2/h3-6,16-20,24-25H,7-13H2,1-2H3,(H,29,30)/t16?,17-,18+,19?,20?/m0/s1. The van der Waals surface area contributed by atoms with Crippen LogP contribution in [0.4, 0.5) is 0 Å². The zero-order valence-electron chi connectivity index (χ0n) is 19.6. The van der Waals surface area contributed by atoms with Crippen molar-refractivity contribution in [1.29, 1.82) is 0 Å². The molecule has 3 aliphatic rings. The van der Waals surface area contributed by atoms with Crippen molar-refractivity contribution in [3.63, 3.8) is 0 Å². The van der Waals surface area contributed by atoms with Gasteiger partial charge in [0.15, 0.2) is 0 Å². The lowest BCUT2D eigenvalue weighted by molar-refractivity contribution is -0.149. The van der Waals surface area contributed by atoms with Gasteiger partial charge in [0.25, 0.3) is 0 Å². The van der Waals surface area contributed by atoms with Crippen molar-refractivity contribution in [1.82, 2.24) is 15.0 Å². The number of esters is 1. The monoisotopic (exact) mass is 473 g/mol. The third kappa shape index (κ3) is 5.43. The highest BCUT2D eigenvalue weighted by Crippen LogP contribution is 2.45. The molecule has 0 aromatic heterocycles. The predicted octanol–water partition coefficient (Wildman–Crippen LogP) is -0.342. The first kappa shape index (κ1) is 24.7. The smallest absolute Gasteiger partial charge is 0.361 e. The Kier molecular flexibility index (Phi) is 7.87. The molecule has 3 unspecified atom stereocenters. The minimum atomic E-state index is -0.972. The lowest BCUT2D eigenvalue weighted by Gasteiger charge is -2.36. The molecule has 3 aliphatic heterocycles. The molecule has 10 nitrogen and oxygen atoms in total. The van der Waals surface area contributed by atoms with Gasteiger partial charge in [-0.3, -0.25) is 14.4 Å². The predicted molar refractivity (Wildman–Crippen MR) is 123 cm³/mol. The van der Waals surface area contributed by atoms with Gasteiger partial charge in [0.05, 0.1) is 24.0 Å². The van der Waals surface area contributed by atoms with Gasteiger partial charge in [-0.05, 0) is 44.0 Å².